The zero-order valence-electron chi connectivity index (χ0n) is 13.1. The predicted octanol–water partition coefficient (Wildman–Crippen LogP) is 3.14. The fourth-order valence-electron chi connectivity index (χ4n) is 1.88. The van der Waals surface area contributed by atoms with Crippen LogP contribution < -0.4 is 10.1 Å². The molecule has 0 saturated heterocycles. The molecule has 0 spiro atoms. The average molecular weight is 295 g/mol. The zero-order chi connectivity index (χ0) is 15.7. The van der Waals surface area contributed by atoms with E-state index in [4.69, 9.17) is 4.74 Å². The lowest BCUT2D eigenvalue weighted by Crippen LogP contribution is -2.14. The maximum atomic E-state index is 10.9. The molecule has 0 atom stereocenters. The summed E-state index contributed by atoms with van der Waals surface area (Å²) in [5.74, 6) is 0.543. The number of benzene rings is 1. The summed E-state index contributed by atoms with van der Waals surface area (Å²) in [5, 5.41) is 14.2. The van der Waals surface area contributed by atoms with Gasteiger partial charge in [0, 0.05) is 24.4 Å². The van der Waals surface area contributed by atoms with Gasteiger partial charge in [0.25, 0.3) is 5.69 Å². The summed E-state index contributed by atoms with van der Waals surface area (Å²) < 4.78 is 5.49. The Morgan fingerprint density at radius 3 is 2.67 bits per heavy atom. The van der Waals surface area contributed by atoms with E-state index in [1.54, 1.807) is 6.07 Å². The number of rotatable bonds is 10. The van der Waals surface area contributed by atoms with E-state index in [1.165, 1.54) is 6.07 Å². The third kappa shape index (κ3) is 6.94. The quantitative estimate of drug-likeness (QED) is 0.408. The van der Waals surface area contributed by atoms with E-state index < -0.39 is 4.92 Å². The smallest absolute Gasteiger partial charge is 0.275 e. The van der Waals surface area contributed by atoms with Crippen molar-refractivity contribution in [3.63, 3.8) is 0 Å². The lowest BCUT2D eigenvalue weighted by atomic mass is 10.2. The molecule has 0 amide bonds. The predicted molar refractivity (Wildman–Crippen MR) is 85.2 cm³/mol. The summed E-state index contributed by atoms with van der Waals surface area (Å²) in [4.78, 5) is 12.7. The molecule has 0 radical (unpaired) electrons. The Kier molecular flexibility index (Phi) is 7.53. The van der Waals surface area contributed by atoms with Crippen LogP contribution in [0.5, 0.6) is 5.75 Å². The highest BCUT2D eigenvalue weighted by atomic mass is 16.6. The van der Waals surface area contributed by atoms with Crippen LogP contribution in [0.25, 0.3) is 0 Å². The summed E-state index contributed by atoms with van der Waals surface area (Å²) in [5.41, 5.74) is 0.791. The molecule has 0 bridgehead atoms. The van der Waals surface area contributed by atoms with Crippen LogP contribution in [0.4, 0.5) is 11.4 Å². The normalized spacial score (nSPS) is 10.7. The van der Waals surface area contributed by atoms with Crippen molar-refractivity contribution in [2.75, 3.05) is 39.1 Å². The lowest BCUT2D eigenvalue weighted by Gasteiger charge is -2.11. The Balaban J connectivity index is 2.58. The molecule has 21 heavy (non-hydrogen) atoms. The van der Waals surface area contributed by atoms with Gasteiger partial charge < -0.3 is 15.0 Å². The van der Waals surface area contributed by atoms with E-state index in [9.17, 15) is 10.1 Å². The van der Waals surface area contributed by atoms with Crippen molar-refractivity contribution < 1.29 is 9.66 Å². The second kappa shape index (κ2) is 9.18. The van der Waals surface area contributed by atoms with Gasteiger partial charge in [0.15, 0.2) is 0 Å². The molecular weight excluding hydrogens is 270 g/mol. The lowest BCUT2D eigenvalue weighted by molar-refractivity contribution is -0.384. The highest BCUT2D eigenvalue weighted by Gasteiger charge is 2.10. The monoisotopic (exact) mass is 295 g/mol. The molecule has 6 heteroatoms. The van der Waals surface area contributed by atoms with Crippen molar-refractivity contribution in [3.05, 3.63) is 28.3 Å². The standard InChI is InChI=1S/C15H25N3O3/c1-4-9-21-15-11-13(10-14(12-15)18(19)20)16-7-5-6-8-17(2)3/h10-12,16H,4-9H2,1-3H3. The second-order valence-electron chi connectivity index (χ2n) is 5.26. The number of ether oxygens (including phenoxy) is 1. The summed E-state index contributed by atoms with van der Waals surface area (Å²) in [6.45, 7) is 4.40. The van der Waals surface area contributed by atoms with Crippen LogP contribution in [0.3, 0.4) is 0 Å². The first-order valence-electron chi connectivity index (χ1n) is 7.33. The Morgan fingerprint density at radius 1 is 1.29 bits per heavy atom. The second-order valence-corrected chi connectivity index (χ2v) is 5.26. The van der Waals surface area contributed by atoms with E-state index in [2.05, 4.69) is 10.2 Å². The van der Waals surface area contributed by atoms with E-state index in [0.29, 0.717) is 12.4 Å². The third-order valence-electron chi connectivity index (χ3n) is 2.94. The highest BCUT2D eigenvalue weighted by Crippen LogP contribution is 2.26. The molecule has 1 aromatic carbocycles. The molecule has 0 unspecified atom stereocenters. The number of hydrogen-bond acceptors (Lipinski definition) is 5. The van der Waals surface area contributed by atoms with Crippen molar-refractivity contribution in [3.8, 4) is 5.75 Å². The first kappa shape index (κ1) is 17.2. The summed E-state index contributed by atoms with van der Waals surface area (Å²) in [6, 6.07) is 4.83. The van der Waals surface area contributed by atoms with Crippen molar-refractivity contribution in [1.29, 1.82) is 0 Å². The highest BCUT2D eigenvalue weighted by molar-refractivity contribution is 5.56. The number of hydrogen-bond donors (Lipinski definition) is 1. The van der Waals surface area contributed by atoms with E-state index in [0.717, 1.165) is 38.0 Å². The number of non-ortho nitro benzene ring substituents is 1. The van der Waals surface area contributed by atoms with Crippen LogP contribution in [0, 0.1) is 10.1 Å². The van der Waals surface area contributed by atoms with Gasteiger partial charge in [-0.2, -0.15) is 0 Å². The van der Waals surface area contributed by atoms with Crippen LogP contribution >= 0.6 is 0 Å². The topological polar surface area (TPSA) is 67.6 Å². The van der Waals surface area contributed by atoms with Crippen molar-refractivity contribution >= 4 is 11.4 Å². The minimum Gasteiger partial charge on any atom is -0.493 e. The van der Waals surface area contributed by atoms with Crippen LogP contribution in [0.2, 0.25) is 0 Å². The van der Waals surface area contributed by atoms with Gasteiger partial charge in [-0.05, 0) is 39.9 Å². The molecular formula is C15H25N3O3. The molecule has 1 N–H and O–H groups in total. The Hall–Kier alpha value is -1.82. The van der Waals surface area contributed by atoms with Crippen molar-refractivity contribution in [1.82, 2.24) is 4.90 Å². The number of nitrogens with zero attached hydrogens (tertiary/aromatic N) is 2. The molecule has 0 heterocycles. The van der Waals surface area contributed by atoms with Crippen LogP contribution in [-0.2, 0) is 0 Å². The molecule has 6 nitrogen and oxygen atoms in total. The fraction of sp³-hybridized carbons (Fsp3) is 0.600. The Labute approximate surface area is 126 Å². The van der Waals surface area contributed by atoms with E-state index in [-0.39, 0.29) is 5.69 Å². The van der Waals surface area contributed by atoms with E-state index in [1.807, 2.05) is 27.1 Å². The SMILES string of the molecule is CCCOc1cc(NCCCCN(C)C)cc([N+](=O)[O-])c1. The van der Waals surface area contributed by atoms with Crippen LogP contribution in [-0.4, -0.2) is 43.6 Å². The number of nitro benzene ring substituents is 1. The van der Waals surface area contributed by atoms with Crippen LogP contribution in [0.1, 0.15) is 26.2 Å². The van der Waals surface area contributed by atoms with Crippen molar-refractivity contribution in [2.24, 2.45) is 0 Å². The average Bonchev–Trinajstić information content (AvgIpc) is 2.44. The summed E-state index contributed by atoms with van der Waals surface area (Å²) in [7, 11) is 4.09. The number of anilines is 1. The van der Waals surface area contributed by atoms with Gasteiger partial charge in [0.2, 0.25) is 0 Å². The molecule has 0 saturated carbocycles. The van der Waals surface area contributed by atoms with Gasteiger partial charge in [0.1, 0.15) is 5.75 Å². The van der Waals surface area contributed by atoms with E-state index >= 15 is 0 Å². The third-order valence-corrected chi connectivity index (χ3v) is 2.94. The number of nitro groups is 1. The van der Waals surface area contributed by atoms with Gasteiger partial charge in [-0.3, -0.25) is 10.1 Å². The molecule has 0 aliphatic heterocycles. The summed E-state index contributed by atoms with van der Waals surface area (Å²) >= 11 is 0. The van der Waals surface area contributed by atoms with Gasteiger partial charge in [-0.25, -0.2) is 0 Å². The zero-order valence-corrected chi connectivity index (χ0v) is 13.1. The van der Waals surface area contributed by atoms with Gasteiger partial charge in [-0.15, -0.1) is 0 Å². The van der Waals surface area contributed by atoms with Gasteiger partial charge in [0.05, 0.1) is 17.6 Å². The van der Waals surface area contributed by atoms with Crippen LogP contribution in [0.15, 0.2) is 18.2 Å². The molecule has 0 fully saturated rings. The molecule has 1 aromatic rings. The largest absolute Gasteiger partial charge is 0.493 e. The summed E-state index contributed by atoms with van der Waals surface area (Å²) in [6.07, 6.45) is 2.98. The number of unbranched alkanes of at least 4 members (excludes halogenated alkanes) is 1. The molecule has 0 aliphatic carbocycles. The molecule has 0 aliphatic rings. The van der Waals surface area contributed by atoms with Gasteiger partial charge in [-0.1, -0.05) is 6.92 Å². The van der Waals surface area contributed by atoms with Crippen molar-refractivity contribution in [2.45, 2.75) is 26.2 Å². The maximum Gasteiger partial charge on any atom is 0.275 e. The minimum atomic E-state index is -0.393. The van der Waals surface area contributed by atoms with Gasteiger partial charge >= 0.3 is 0 Å². The number of nitrogens with one attached hydrogen (secondary N) is 1. The molecule has 0 aromatic heterocycles. The maximum absolute atomic E-state index is 10.9. The molecule has 118 valence electrons. The first-order valence-corrected chi connectivity index (χ1v) is 7.33. The minimum absolute atomic E-state index is 0.0550. The first-order chi connectivity index (χ1) is 10.0. The Morgan fingerprint density at radius 2 is 2.05 bits per heavy atom. The molecule has 1 rings (SSSR count). The fourth-order valence-corrected chi connectivity index (χ4v) is 1.88. The Bertz CT molecular complexity index is 450.